The summed E-state index contributed by atoms with van der Waals surface area (Å²) in [4.78, 5) is 0. The molecule has 0 amide bonds. The van der Waals surface area contributed by atoms with Crippen LogP contribution in [0, 0.1) is 0 Å². The summed E-state index contributed by atoms with van der Waals surface area (Å²) in [6, 6.07) is 1.40. The number of hydrogen-bond acceptors (Lipinski definition) is 3. The molecule has 3 nitrogen and oxygen atoms in total. The molecule has 0 aliphatic heterocycles. The third kappa shape index (κ3) is 25.1. The Morgan fingerprint density at radius 2 is 0.810 bits per heavy atom. The van der Waals surface area contributed by atoms with Gasteiger partial charge in [0, 0.05) is 16.7 Å². The van der Waals surface area contributed by atoms with E-state index in [2.05, 4.69) is 98.8 Å². The predicted molar refractivity (Wildman–Crippen MR) is 190 cm³/mol. The van der Waals surface area contributed by atoms with E-state index in [1.165, 1.54) is 75.4 Å². The molecule has 42 heavy (non-hydrogen) atoms. The summed E-state index contributed by atoms with van der Waals surface area (Å²) in [6.45, 7) is 21.0. The molecule has 0 aromatic carbocycles. The van der Waals surface area contributed by atoms with Gasteiger partial charge in [-0.05, 0) is 107 Å². The number of rotatable bonds is 25. The molecule has 0 rings (SSSR count). The van der Waals surface area contributed by atoms with Crippen LogP contribution in [-0.2, 0) is 14.2 Å². The van der Waals surface area contributed by atoms with Crippen molar-refractivity contribution in [3.8, 4) is 0 Å². The Labute approximate surface area is 265 Å². The number of unbranched alkanes of at least 4 members (excludes halogenated alkanes) is 4. The van der Waals surface area contributed by atoms with E-state index >= 15 is 0 Å². The van der Waals surface area contributed by atoms with Gasteiger partial charge in [-0.1, -0.05) is 102 Å². The number of allylic oxidation sites excluding steroid dienone is 9. The van der Waals surface area contributed by atoms with Gasteiger partial charge in [-0.25, -0.2) is 0 Å². The molecule has 0 N–H and O–H groups in total. The topological polar surface area (TPSA) is 27.7 Å². The molecule has 4 heteroatoms. The molecule has 0 spiro atoms. The van der Waals surface area contributed by atoms with E-state index in [9.17, 15) is 0 Å². The van der Waals surface area contributed by atoms with Gasteiger partial charge < -0.3 is 14.2 Å². The summed E-state index contributed by atoms with van der Waals surface area (Å²) in [5, 5.41) is 0. The van der Waals surface area contributed by atoms with Crippen LogP contribution in [-0.4, -0.2) is 36.0 Å². The summed E-state index contributed by atoms with van der Waals surface area (Å²) < 4.78 is 19.6. The molecular weight excluding hydrogens is 533 g/mol. The smallest absolute Gasteiger partial charge is 0.283 e. The van der Waals surface area contributed by atoms with Gasteiger partial charge in [-0.15, -0.1) is 0 Å². The van der Waals surface area contributed by atoms with Gasteiger partial charge in [0.05, 0.1) is 19.8 Å². The van der Waals surface area contributed by atoms with Crippen molar-refractivity contribution in [3.05, 3.63) is 69.9 Å². The van der Waals surface area contributed by atoms with Crippen molar-refractivity contribution < 1.29 is 14.2 Å². The van der Waals surface area contributed by atoms with E-state index in [0.29, 0.717) is 19.8 Å². The molecule has 0 radical (unpaired) electrons. The molecule has 0 atom stereocenters. The lowest BCUT2D eigenvalue weighted by Gasteiger charge is -2.33. The van der Waals surface area contributed by atoms with Crippen LogP contribution in [0.15, 0.2) is 69.9 Å². The zero-order valence-electron chi connectivity index (χ0n) is 29.5. The molecule has 0 aliphatic rings. The molecule has 0 aliphatic carbocycles. The third-order valence-electron chi connectivity index (χ3n) is 7.32. The van der Waals surface area contributed by atoms with Crippen LogP contribution in [0.1, 0.15) is 139 Å². The van der Waals surface area contributed by atoms with Gasteiger partial charge in [-0.3, -0.25) is 0 Å². The molecule has 0 heterocycles. The lowest BCUT2D eigenvalue weighted by Crippen LogP contribution is -2.40. The lowest BCUT2D eigenvalue weighted by molar-refractivity contribution is -0.374. The molecule has 0 aromatic heterocycles. The fourth-order valence-corrected chi connectivity index (χ4v) is 4.97. The highest BCUT2D eigenvalue weighted by Crippen LogP contribution is 2.26. The van der Waals surface area contributed by atoms with Gasteiger partial charge in [0.2, 0.25) is 0 Å². The Bertz CT molecular complexity index is 773. The highest BCUT2D eigenvalue weighted by atomic mass is 28.1. The van der Waals surface area contributed by atoms with Crippen LogP contribution in [0.4, 0.5) is 0 Å². The molecular formula is C38H68O3Si. The van der Waals surface area contributed by atoms with Crippen LogP contribution in [0.5, 0.6) is 0 Å². The first kappa shape index (κ1) is 40.5. The lowest BCUT2D eigenvalue weighted by atomic mass is 10.1. The molecule has 0 saturated heterocycles. The van der Waals surface area contributed by atoms with Crippen LogP contribution in [0.2, 0.25) is 6.04 Å². The molecule has 0 saturated carbocycles. The first-order valence-corrected chi connectivity index (χ1v) is 18.2. The quantitative estimate of drug-likeness (QED) is 0.0451. The van der Waals surface area contributed by atoms with Gasteiger partial charge in [0.1, 0.15) is 0 Å². The summed E-state index contributed by atoms with van der Waals surface area (Å²) in [7, 11) is 1.31. The van der Waals surface area contributed by atoms with Crippen molar-refractivity contribution in [3.63, 3.8) is 0 Å². The maximum absolute atomic E-state index is 6.54. The van der Waals surface area contributed by atoms with E-state index in [-0.39, 0.29) is 0 Å². The molecule has 242 valence electrons. The normalized spacial score (nSPS) is 14.1. The molecule has 0 aromatic rings. The van der Waals surface area contributed by atoms with Gasteiger partial charge in [0.15, 0.2) is 0 Å². The van der Waals surface area contributed by atoms with Crippen LogP contribution < -0.4 is 0 Å². The van der Waals surface area contributed by atoms with E-state index in [4.69, 9.17) is 14.2 Å². The fraction of sp³-hybridized carbons (Fsp3) is 0.684. The summed E-state index contributed by atoms with van der Waals surface area (Å²) in [6.07, 6.45) is 26.8. The first-order chi connectivity index (χ1) is 20.0. The van der Waals surface area contributed by atoms with Gasteiger partial charge in [-0.2, -0.15) is 0 Å². The van der Waals surface area contributed by atoms with E-state index < -0.39 is 5.97 Å². The fourth-order valence-electron chi connectivity index (χ4n) is 4.47. The third-order valence-corrected chi connectivity index (χ3v) is 8.02. The molecule has 0 unspecified atom stereocenters. The largest absolute Gasteiger partial charge is 0.323 e. The monoisotopic (exact) mass is 600 g/mol. The predicted octanol–water partition coefficient (Wildman–Crippen LogP) is 10.9. The Hall–Kier alpha value is -1.46. The van der Waals surface area contributed by atoms with Crippen LogP contribution in [0.3, 0.4) is 0 Å². The number of ether oxygens (including phenoxy) is 3. The Morgan fingerprint density at radius 3 is 1.14 bits per heavy atom. The summed E-state index contributed by atoms with van der Waals surface area (Å²) in [5.41, 5.74) is 8.14. The minimum atomic E-state index is -1.04. The standard InChI is InChI=1S/C38H68O3Si/c1-32(2)18-15-21-35(7)24-28-39-38(27-13-11-10-12-14-31-42,40-29-25-36(8)22-16-19-33(3)4)41-30-26-37(9)23-17-20-34(5)6/h18-20,24-26H,10-17,21-23,27-31H2,1-9,42H3. The van der Waals surface area contributed by atoms with Crippen molar-refractivity contribution in [2.45, 2.75) is 151 Å². The van der Waals surface area contributed by atoms with Crippen molar-refractivity contribution in [1.82, 2.24) is 0 Å². The zero-order valence-corrected chi connectivity index (χ0v) is 31.5. The summed E-state index contributed by atoms with van der Waals surface area (Å²) >= 11 is 0. The van der Waals surface area contributed by atoms with Crippen molar-refractivity contribution in [2.75, 3.05) is 19.8 Å². The minimum absolute atomic E-state index is 0.494. The van der Waals surface area contributed by atoms with Crippen LogP contribution in [0.25, 0.3) is 0 Å². The number of hydrogen-bond donors (Lipinski definition) is 0. The second kappa shape index (κ2) is 26.0. The van der Waals surface area contributed by atoms with Gasteiger partial charge in [0.25, 0.3) is 5.97 Å². The Morgan fingerprint density at radius 1 is 0.476 bits per heavy atom. The van der Waals surface area contributed by atoms with Crippen molar-refractivity contribution in [1.29, 1.82) is 0 Å². The second-order valence-electron chi connectivity index (χ2n) is 12.7. The highest BCUT2D eigenvalue weighted by Gasteiger charge is 2.32. The van der Waals surface area contributed by atoms with Crippen molar-refractivity contribution in [2.24, 2.45) is 0 Å². The first-order valence-electron chi connectivity index (χ1n) is 16.8. The maximum Gasteiger partial charge on any atom is 0.283 e. The average Bonchev–Trinajstić information content (AvgIpc) is 2.90. The minimum Gasteiger partial charge on any atom is -0.323 e. The highest BCUT2D eigenvalue weighted by molar-refractivity contribution is 6.08. The van der Waals surface area contributed by atoms with E-state index in [0.717, 1.165) is 51.4 Å². The molecule has 0 fully saturated rings. The Kier molecular flexibility index (Phi) is 25.1. The SMILES string of the molecule is CC(C)=CCCC(C)=CCOC(CCCCCCC[SiH3])(OCC=C(C)CCC=C(C)C)OCC=C(C)CCC=C(C)C. The zero-order chi connectivity index (χ0) is 31.6. The van der Waals surface area contributed by atoms with Crippen LogP contribution >= 0.6 is 0 Å². The molecule has 0 bridgehead atoms. The van der Waals surface area contributed by atoms with Crippen molar-refractivity contribution >= 4 is 10.2 Å². The van der Waals surface area contributed by atoms with E-state index in [1.807, 2.05) is 0 Å². The van der Waals surface area contributed by atoms with E-state index in [1.54, 1.807) is 0 Å². The average molecular weight is 601 g/mol. The second-order valence-corrected chi connectivity index (χ2v) is 13.7. The maximum atomic E-state index is 6.54. The Balaban J connectivity index is 5.68. The van der Waals surface area contributed by atoms with Gasteiger partial charge >= 0.3 is 0 Å². The summed E-state index contributed by atoms with van der Waals surface area (Å²) in [5.74, 6) is -1.04.